The number of hydrogen-bond donors (Lipinski definition) is 2. The lowest BCUT2D eigenvalue weighted by atomic mass is 10.1. The Hall–Kier alpha value is -1.99. The summed E-state index contributed by atoms with van der Waals surface area (Å²) in [7, 11) is 1.69. The molecule has 0 amide bonds. The number of nitrogens with zero attached hydrogens (tertiary/aromatic N) is 4. The quantitative estimate of drug-likeness (QED) is 0.658. The number of ether oxygens (including phenoxy) is 1. The van der Waals surface area contributed by atoms with Gasteiger partial charge < -0.3 is 14.5 Å². The molecule has 1 aromatic heterocycles. The van der Waals surface area contributed by atoms with E-state index in [1.165, 1.54) is 38.3 Å². The molecule has 1 saturated heterocycles. The molecule has 3 rings (SSSR count). The van der Waals surface area contributed by atoms with Gasteiger partial charge in [0, 0.05) is 6.42 Å². The van der Waals surface area contributed by atoms with Gasteiger partial charge in [-0.15, -0.1) is 5.10 Å². The maximum absolute atomic E-state index is 5.24. The highest BCUT2D eigenvalue weighted by Gasteiger charge is 2.33. The van der Waals surface area contributed by atoms with E-state index < -0.39 is 0 Å². The van der Waals surface area contributed by atoms with Crippen LogP contribution in [-0.4, -0.2) is 60.0 Å². The van der Waals surface area contributed by atoms with Gasteiger partial charge in [-0.3, -0.25) is 0 Å². The van der Waals surface area contributed by atoms with E-state index >= 15 is 0 Å². The zero-order valence-corrected chi connectivity index (χ0v) is 16.2. The van der Waals surface area contributed by atoms with Crippen molar-refractivity contribution in [1.29, 1.82) is 0 Å². The molecule has 2 heterocycles. The average Bonchev–Trinajstić information content (AvgIpc) is 3.14. The van der Waals surface area contributed by atoms with Gasteiger partial charge in [0.15, 0.2) is 0 Å². The minimum atomic E-state index is 0.381. The monoisotopic (exact) mass is 360 g/mol. The number of methoxy groups -OCH3 is 1. The number of likely N-dealkylation sites (N-methyl/N-ethyl adjacent to an activating group) is 1. The summed E-state index contributed by atoms with van der Waals surface area (Å²) in [5.41, 5.74) is 1.19. The molecule has 7 heteroatoms. The van der Waals surface area contributed by atoms with E-state index in [9.17, 15) is 0 Å². The Labute approximate surface area is 155 Å². The molecule has 1 aliphatic heterocycles. The second kappa shape index (κ2) is 9.09. The van der Waals surface area contributed by atoms with Crippen molar-refractivity contribution in [2.75, 3.05) is 39.8 Å². The van der Waals surface area contributed by atoms with Gasteiger partial charge in [0.2, 0.25) is 5.82 Å². The molecule has 1 aromatic carbocycles. The second-order valence-electron chi connectivity index (χ2n) is 7.15. The Morgan fingerprint density at radius 1 is 1.12 bits per heavy atom. The van der Waals surface area contributed by atoms with Crippen molar-refractivity contribution in [2.24, 2.45) is 0 Å². The Morgan fingerprint density at radius 2 is 1.85 bits per heavy atom. The van der Waals surface area contributed by atoms with Gasteiger partial charge in [0.05, 0.1) is 20.2 Å². The van der Waals surface area contributed by atoms with Crippen LogP contribution in [0, 0.1) is 0 Å². The van der Waals surface area contributed by atoms with E-state index in [4.69, 9.17) is 4.74 Å². The first-order valence-corrected chi connectivity index (χ1v) is 9.82. The number of tetrazole rings is 1. The van der Waals surface area contributed by atoms with Crippen LogP contribution in [0.2, 0.25) is 0 Å². The first kappa shape index (κ1) is 18.8. The van der Waals surface area contributed by atoms with Crippen molar-refractivity contribution >= 4 is 0 Å². The molecule has 0 aliphatic carbocycles. The zero-order valence-electron chi connectivity index (χ0n) is 16.2. The van der Waals surface area contributed by atoms with Gasteiger partial charge in [-0.1, -0.05) is 25.5 Å². The summed E-state index contributed by atoms with van der Waals surface area (Å²) < 4.78 is 7.22. The largest absolute Gasteiger partial charge is 0.497 e. The summed E-state index contributed by atoms with van der Waals surface area (Å²) in [5.74, 6) is 1.90. The van der Waals surface area contributed by atoms with Gasteiger partial charge in [0.25, 0.3) is 0 Å². The Morgan fingerprint density at radius 3 is 2.46 bits per heavy atom. The minimum Gasteiger partial charge on any atom is -0.497 e. The summed E-state index contributed by atoms with van der Waals surface area (Å²) in [6.45, 7) is 11.3. The maximum atomic E-state index is 5.24. The van der Waals surface area contributed by atoms with Gasteiger partial charge in [-0.05, 0) is 35.0 Å². The molecule has 0 bridgehead atoms. The molecule has 1 aliphatic rings. The average molecular weight is 361 g/mol. The third kappa shape index (κ3) is 4.40. The van der Waals surface area contributed by atoms with Crippen molar-refractivity contribution in [3.05, 3.63) is 35.7 Å². The normalized spacial score (nSPS) is 21.5. The zero-order chi connectivity index (χ0) is 18.4. The van der Waals surface area contributed by atoms with Crippen molar-refractivity contribution in [3.8, 4) is 5.75 Å². The van der Waals surface area contributed by atoms with Crippen LogP contribution in [0.3, 0.4) is 0 Å². The minimum absolute atomic E-state index is 0.381. The van der Waals surface area contributed by atoms with E-state index in [-0.39, 0.29) is 0 Å². The molecule has 2 aromatic rings. The molecule has 0 radical (unpaired) electrons. The van der Waals surface area contributed by atoms with E-state index in [0.29, 0.717) is 12.6 Å². The highest BCUT2D eigenvalue weighted by atomic mass is 16.5. The van der Waals surface area contributed by atoms with Crippen molar-refractivity contribution in [2.45, 2.75) is 39.3 Å². The fraction of sp³-hybridized carbons (Fsp3) is 0.632. The van der Waals surface area contributed by atoms with Crippen LogP contribution in [-0.2, 0) is 6.54 Å². The lowest BCUT2D eigenvalue weighted by molar-refractivity contribution is -1.03. The predicted molar refractivity (Wildman–Crippen MR) is 99.5 cm³/mol. The van der Waals surface area contributed by atoms with E-state index in [1.54, 1.807) is 16.9 Å². The summed E-state index contributed by atoms with van der Waals surface area (Å²) in [6, 6.07) is 8.51. The highest BCUT2D eigenvalue weighted by molar-refractivity contribution is 5.27. The Kier molecular flexibility index (Phi) is 6.57. The smallest absolute Gasteiger partial charge is 0.209 e. The van der Waals surface area contributed by atoms with Gasteiger partial charge >= 0.3 is 0 Å². The lowest BCUT2D eigenvalue weighted by Crippen LogP contribution is -3.28. The van der Waals surface area contributed by atoms with Crippen LogP contribution in [0.25, 0.3) is 0 Å². The van der Waals surface area contributed by atoms with Crippen LogP contribution in [0.5, 0.6) is 5.75 Å². The Balaban J connectivity index is 1.74. The molecule has 0 spiro atoms. The fourth-order valence-electron chi connectivity index (χ4n) is 3.91. The molecule has 2 N–H and O–H groups in total. The third-order valence-electron chi connectivity index (χ3n) is 5.53. The van der Waals surface area contributed by atoms with Gasteiger partial charge in [0.1, 0.15) is 38.0 Å². The van der Waals surface area contributed by atoms with E-state index in [0.717, 1.165) is 24.4 Å². The maximum Gasteiger partial charge on any atom is 0.209 e. The number of nitrogens with one attached hydrogen (secondary N) is 2. The summed E-state index contributed by atoms with van der Waals surface area (Å²) in [5, 5.41) is 12.7. The summed E-state index contributed by atoms with van der Waals surface area (Å²) in [4.78, 5) is 3.34. The number of aromatic nitrogens is 4. The number of hydrogen-bond acceptors (Lipinski definition) is 4. The Bertz CT molecular complexity index is 663. The van der Waals surface area contributed by atoms with Crippen LogP contribution in [0.4, 0.5) is 0 Å². The molecule has 142 valence electrons. The van der Waals surface area contributed by atoms with Crippen molar-refractivity contribution in [3.63, 3.8) is 0 Å². The van der Waals surface area contributed by atoms with E-state index in [1.807, 2.05) is 16.8 Å². The molecular weight excluding hydrogens is 328 g/mol. The SMILES string of the molecule is CCC[C@H](c1nnnn1Cc1ccc(OC)cc1)[NH+]1CC[NH+](CC)CC1. The molecule has 0 saturated carbocycles. The van der Waals surface area contributed by atoms with Crippen molar-refractivity contribution < 1.29 is 14.5 Å². The first-order chi connectivity index (χ1) is 12.7. The molecule has 1 fully saturated rings. The van der Waals surface area contributed by atoms with Crippen molar-refractivity contribution in [1.82, 2.24) is 20.2 Å². The van der Waals surface area contributed by atoms with Crippen LogP contribution in [0.1, 0.15) is 44.1 Å². The third-order valence-corrected chi connectivity index (χ3v) is 5.53. The lowest BCUT2D eigenvalue weighted by Gasteiger charge is -2.33. The number of piperazine rings is 1. The van der Waals surface area contributed by atoms with Gasteiger partial charge in [-0.2, -0.15) is 0 Å². The van der Waals surface area contributed by atoms with Crippen LogP contribution >= 0.6 is 0 Å². The number of benzene rings is 1. The standard InChI is InChI=1S/C19H30N6O/c1-4-6-18(24-13-11-23(5-2)12-14-24)19-20-21-22-25(19)15-16-7-9-17(26-3)10-8-16/h7-10,18H,4-6,11-15H2,1-3H3/p+2/t18-/m1/s1. The summed E-state index contributed by atoms with van der Waals surface area (Å²) >= 11 is 0. The molecule has 26 heavy (non-hydrogen) atoms. The second-order valence-corrected chi connectivity index (χ2v) is 7.15. The fourth-order valence-corrected chi connectivity index (χ4v) is 3.91. The highest BCUT2D eigenvalue weighted by Crippen LogP contribution is 2.16. The predicted octanol–water partition coefficient (Wildman–Crippen LogP) is -0.625. The van der Waals surface area contributed by atoms with Crippen LogP contribution < -0.4 is 14.5 Å². The molecule has 0 unspecified atom stereocenters. The molecule has 7 nitrogen and oxygen atoms in total. The topological polar surface area (TPSA) is 61.7 Å². The number of rotatable bonds is 8. The molecule has 1 atom stereocenters. The summed E-state index contributed by atoms with van der Waals surface area (Å²) in [6.07, 6.45) is 2.27. The first-order valence-electron chi connectivity index (χ1n) is 9.82. The van der Waals surface area contributed by atoms with Gasteiger partial charge in [-0.25, -0.2) is 4.68 Å². The van der Waals surface area contributed by atoms with Crippen LogP contribution in [0.15, 0.2) is 24.3 Å². The van der Waals surface area contributed by atoms with E-state index in [2.05, 4.69) is 41.5 Å². The number of quaternary nitrogens is 2. The molecular formula is C19H32N6O+2.